The van der Waals surface area contributed by atoms with Gasteiger partial charge in [0, 0.05) is 30.1 Å². The first-order chi connectivity index (χ1) is 13.1. The molecule has 1 aromatic heterocycles. The minimum Gasteiger partial charge on any atom is -0.345 e. The third-order valence-electron chi connectivity index (χ3n) is 5.99. The van der Waals surface area contributed by atoms with E-state index in [4.69, 9.17) is 0 Å². The Morgan fingerprint density at radius 1 is 1.19 bits per heavy atom. The lowest BCUT2D eigenvalue weighted by molar-refractivity contribution is 0.0545. The van der Waals surface area contributed by atoms with Gasteiger partial charge in [0.2, 0.25) is 0 Å². The van der Waals surface area contributed by atoms with E-state index in [2.05, 4.69) is 9.97 Å². The quantitative estimate of drug-likeness (QED) is 0.702. The van der Waals surface area contributed by atoms with Gasteiger partial charge in [-0.05, 0) is 61.1 Å². The maximum atomic E-state index is 14.2. The highest BCUT2D eigenvalue weighted by Gasteiger charge is 2.39. The SMILES string of the molecule is O=C(c1ccc2nc[nH]c2c1)N1CCCC2c3cc(F)cc(F)c3CC[C@@H]21. The number of benzene rings is 2. The summed E-state index contributed by atoms with van der Waals surface area (Å²) in [5, 5.41) is 0. The van der Waals surface area contributed by atoms with Gasteiger partial charge in [0.05, 0.1) is 17.4 Å². The number of imidazole rings is 1. The molecule has 0 bridgehead atoms. The molecule has 27 heavy (non-hydrogen) atoms. The Morgan fingerprint density at radius 3 is 2.96 bits per heavy atom. The standard InChI is InChI=1S/C21H19F2N3O/c22-13-9-16-14(17(23)10-13)4-6-20-15(16)2-1-7-26(20)21(27)12-3-5-18-19(8-12)25-11-24-18/h3,5,8-11,15,20H,1-2,4,6-7H2,(H,24,25)/t15?,20-/m0/s1. The summed E-state index contributed by atoms with van der Waals surface area (Å²) in [4.78, 5) is 22.3. The number of hydrogen-bond donors (Lipinski definition) is 1. The summed E-state index contributed by atoms with van der Waals surface area (Å²) in [6.07, 6.45) is 4.53. The molecule has 0 spiro atoms. The number of H-pyrrole nitrogens is 1. The number of rotatable bonds is 1. The number of carbonyl (C=O) groups is 1. The summed E-state index contributed by atoms with van der Waals surface area (Å²) in [7, 11) is 0. The Morgan fingerprint density at radius 2 is 2.07 bits per heavy atom. The van der Waals surface area contributed by atoms with Crippen LogP contribution in [0.3, 0.4) is 0 Å². The number of nitrogens with zero attached hydrogens (tertiary/aromatic N) is 2. The predicted molar refractivity (Wildman–Crippen MR) is 97.6 cm³/mol. The second-order valence-corrected chi connectivity index (χ2v) is 7.44. The van der Waals surface area contributed by atoms with E-state index < -0.39 is 11.6 Å². The average Bonchev–Trinajstić information content (AvgIpc) is 3.14. The lowest BCUT2D eigenvalue weighted by Gasteiger charge is -2.45. The Bertz CT molecular complexity index is 1050. The minimum atomic E-state index is -0.542. The molecule has 1 aliphatic heterocycles. The van der Waals surface area contributed by atoms with E-state index in [1.807, 2.05) is 17.0 Å². The summed E-state index contributed by atoms with van der Waals surface area (Å²) < 4.78 is 28.0. The fourth-order valence-electron chi connectivity index (χ4n) is 4.77. The highest BCUT2D eigenvalue weighted by Crippen LogP contribution is 2.42. The van der Waals surface area contributed by atoms with Crippen LogP contribution in [0, 0.1) is 11.6 Å². The van der Waals surface area contributed by atoms with Crippen molar-refractivity contribution in [3.63, 3.8) is 0 Å². The molecule has 138 valence electrons. The van der Waals surface area contributed by atoms with E-state index in [-0.39, 0.29) is 17.9 Å². The van der Waals surface area contributed by atoms with Gasteiger partial charge in [0.15, 0.2) is 0 Å². The molecule has 2 aromatic carbocycles. The van der Waals surface area contributed by atoms with Crippen molar-refractivity contribution in [2.75, 3.05) is 6.54 Å². The zero-order valence-corrected chi connectivity index (χ0v) is 14.7. The molecule has 2 atom stereocenters. The zero-order chi connectivity index (χ0) is 18.5. The number of piperidine rings is 1. The van der Waals surface area contributed by atoms with Crippen LogP contribution in [0.25, 0.3) is 11.0 Å². The van der Waals surface area contributed by atoms with Gasteiger partial charge in [0.25, 0.3) is 5.91 Å². The number of aromatic nitrogens is 2. The maximum absolute atomic E-state index is 14.2. The molecule has 2 heterocycles. The molecular weight excluding hydrogens is 348 g/mol. The number of hydrogen-bond acceptors (Lipinski definition) is 2. The van der Waals surface area contributed by atoms with E-state index in [0.717, 1.165) is 35.5 Å². The predicted octanol–water partition coefficient (Wildman–Crippen LogP) is 4.18. The van der Waals surface area contributed by atoms with Gasteiger partial charge in [0.1, 0.15) is 11.6 Å². The van der Waals surface area contributed by atoms with E-state index in [1.54, 1.807) is 12.4 Å². The Balaban J connectivity index is 1.50. The smallest absolute Gasteiger partial charge is 0.254 e. The van der Waals surface area contributed by atoms with Gasteiger partial charge in [-0.25, -0.2) is 13.8 Å². The van der Waals surface area contributed by atoms with Crippen LogP contribution in [-0.2, 0) is 6.42 Å². The molecule has 6 heteroatoms. The van der Waals surface area contributed by atoms with Crippen LogP contribution >= 0.6 is 0 Å². The molecule has 2 aliphatic rings. The second-order valence-electron chi connectivity index (χ2n) is 7.44. The van der Waals surface area contributed by atoms with E-state index in [0.29, 0.717) is 30.5 Å². The number of halogens is 2. The molecule has 0 radical (unpaired) electrons. The van der Waals surface area contributed by atoms with Crippen LogP contribution < -0.4 is 0 Å². The summed E-state index contributed by atoms with van der Waals surface area (Å²) in [5.74, 6) is -1.04. The third kappa shape index (κ3) is 2.62. The van der Waals surface area contributed by atoms with Crippen molar-refractivity contribution >= 4 is 16.9 Å². The molecule has 5 rings (SSSR count). The van der Waals surface area contributed by atoms with Crippen molar-refractivity contribution in [1.29, 1.82) is 0 Å². The highest BCUT2D eigenvalue weighted by molar-refractivity contribution is 5.97. The molecule has 3 aromatic rings. The van der Waals surface area contributed by atoms with E-state index >= 15 is 0 Å². The van der Waals surface area contributed by atoms with Crippen LogP contribution in [0.15, 0.2) is 36.7 Å². The molecule has 1 unspecified atom stereocenters. The molecule has 1 aliphatic carbocycles. The summed E-state index contributed by atoms with van der Waals surface area (Å²) >= 11 is 0. The normalized spacial score (nSPS) is 21.8. The van der Waals surface area contributed by atoms with Crippen LogP contribution in [0.4, 0.5) is 8.78 Å². The first-order valence-corrected chi connectivity index (χ1v) is 9.34. The van der Waals surface area contributed by atoms with Crippen molar-refractivity contribution in [1.82, 2.24) is 14.9 Å². The van der Waals surface area contributed by atoms with Crippen molar-refractivity contribution in [2.45, 2.75) is 37.6 Å². The van der Waals surface area contributed by atoms with Crippen LogP contribution in [0.2, 0.25) is 0 Å². The van der Waals surface area contributed by atoms with Gasteiger partial charge >= 0.3 is 0 Å². The minimum absolute atomic E-state index is 0.00691. The highest BCUT2D eigenvalue weighted by atomic mass is 19.1. The lowest BCUT2D eigenvalue weighted by Crippen LogP contribution is -2.49. The average molecular weight is 367 g/mol. The molecule has 4 nitrogen and oxygen atoms in total. The van der Waals surface area contributed by atoms with Crippen LogP contribution in [0.1, 0.15) is 46.7 Å². The summed E-state index contributed by atoms with van der Waals surface area (Å²) in [6, 6.07) is 7.86. The van der Waals surface area contributed by atoms with Gasteiger partial charge in [-0.15, -0.1) is 0 Å². The van der Waals surface area contributed by atoms with Crippen molar-refractivity contribution in [3.8, 4) is 0 Å². The Labute approximate surface area is 155 Å². The molecular formula is C21H19F2N3O. The van der Waals surface area contributed by atoms with E-state index in [9.17, 15) is 13.6 Å². The van der Waals surface area contributed by atoms with Crippen LogP contribution in [-0.4, -0.2) is 33.4 Å². The van der Waals surface area contributed by atoms with Gasteiger partial charge in [-0.2, -0.15) is 0 Å². The monoisotopic (exact) mass is 367 g/mol. The fourth-order valence-corrected chi connectivity index (χ4v) is 4.77. The second kappa shape index (κ2) is 6.15. The molecule has 0 saturated carbocycles. The number of aromatic amines is 1. The number of fused-ring (bicyclic) bond motifs is 4. The van der Waals surface area contributed by atoms with Gasteiger partial charge in [-0.3, -0.25) is 4.79 Å². The Hall–Kier alpha value is -2.76. The zero-order valence-electron chi connectivity index (χ0n) is 14.7. The van der Waals surface area contributed by atoms with Gasteiger partial charge in [-0.1, -0.05) is 0 Å². The number of nitrogens with one attached hydrogen (secondary N) is 1. The molecule has 1 N–H and O–H groups in total. The maximum Gasteiger partial charge on any atom is 0.254 e. The summed E-state index contributed by atoms with van der Waals surface area (Å²) in [6.45, 7) is 0.675. The fraction of sp³-hybridized carbons (Fsp3) is 0.333. The van der Waals surface area contributed by atoms with Gasteiger partial charge < -0.3 is 9.88 Å². The topological polar surface area (TPSA) is 49.0 Å². The first kappa shape index (κ1) is 16.4. The number of likely N-dealkylation sites (tertiary alicyclic amines) is 1. The molecule has 1 fully saturated rings. The number of carbonyl (C=O) groups excluding carboxylic acids is 1. The Kier molecular flexibility index (Phi) is 3.74. The van der Waals surface area contributed by atoms with Crippen molar-refractivity contribution < 1.29 is 13.6 Å². The molecule has 1 saturated heterocycles. The van der Waals surface area contributed by atoms with Crippen molar-refractivity contribution in [3.05, 3.63) is 65.0 Å². The van der Waals surface area contributed by atoms with Crippen LogP contribution in [0.5, 0.6) is 0 Å². The molecule has 1 amide bonds. The largest absolute Gasteiger partial charge is 0.345 e. The third-order valence-corrected chi connectivity index (χ3v) is 5.99. The van der Waals surface area contributed by atoms with E-state index in [1.165, 1.54) is 6.07 Å². The van der Waals surface area contributed by atoms with Crippen molar-refractivity contribution in [2.24, 2.45) is 0 Å². The number of amides is 1. The first-order valence-electron chi connectivity index (χ1n) is 9.34. The lowest BCUT2D eigenvalue weighted by atomic mass is 9.74. The summed E-state index contributed by atoms with van der Waals surface area (Å²) in [5.41, 5.74) is 3.62.